The summed E-state index contributed by atoms with van der Waals surface area (Å²) in [5.41, 5.74) is 1.37. The molecule has 0 saturated carbocycles. The number of carbonyl (C=O) groups excluding carboxylic acids is 1. The van der Waals surface area contributed by atoms with Crippen LogP contribution < -0.4 is 5.32 Å². The molecule has 0 spiro atoms. The van der Waals surface area contributed by atoms with Crippen molar-refractivity contribution in [2.24, 2.45) is 0 Å². The van der Waals surface area contributed by atoms with E-state index in [1.54, 1.807) is 0 Å². The number of nitrogens with zero attached hydrogens (tertiary/aromatic N) is 2. The second-order valence-electron chi connectivity index (χ2n) is 5.39. The highest BCUT2D eigenvalue weighted by Crippen LogP contribution is 2.07. The quantitative estimate of drug-likeness (QED) is 0.797. The Kier molecular flexibility index (Phi) is 6.66. The molecule has 0 atom stereocenters. The average molecular weight is 291 g/mol. The van der Waals surface area contributed by atoms with Crippen LogP contribution in [0.1, 0.15) is 5.56 Å². The van der Waals surface area contributed by atoms with E-state index < -0.39 is 0 Å². The third-order valence-electron chi connectivity index (χ3n) is 3.74. The van der Waals surface area contributed by atoms with Crippen LogP contribution in [-0.4, -0.2) is 68.7 Å². The minimum absolute atomic E-state index is 0.0415. The molecule has 5 nitrogen and oxygen atoms in total. The van der Waals surface area contributed by atoms with Crippen molar-refractivity contribution in [2.45, 2.75) is 6.54 Å². The van der Waals surface area contributed by atoms with E-state index in [1.807, 2.05) is 0 Å². The highest BCUT2D eigenvalue weighted by Gasteiger charge is 2.16. The number of carbonyl (C=O) groups is 1. The molecule has 5 heteroatoms. The van der Waals surface area contributed by atoms with Gasteiger partial charge in [-0.15, -0.1) is 0 Å². The van der Waals surface area contributed by atoms with E-state index in [9.17, 15) is 4.79 Å². The Bertz CT molecular complexity index is 417. The smallest absolute Gasteiger partial charge is 0.246 e. The monoisotopic (exact) mass is 291 g/mol. The van der Waals surface area contributed by atoms with E-state index in [1.165, 1.54) is 12.7 Å². The van der Waals surface area contributed by atoms with Crippen molar-refractivity contribution in [1.29, 1.82) is 0 Å². The predicted octanol–water partition coefficient (Wildman–Crippen LogP) is 0.567. The molecule has 116 valence electrons. The fourth-order valence-corrected chi connectivity index (χ4v) is 2.55. The zero-order valence-corrected chi connectivity index (χ0v) is 12.8. The van der Waals surface area contributed by atoms with Gasteiger partial charge in [0.15, 0.2) is 0 Å². The van der Waals surface area contributed by atoms with Gasteiger partial charge in [0.25, 0.3) is 0 Å². The van der Waals surface area contributed by atoms with Crippen molar-refractivity contribution >= 4 is 5.91 Å². The first-order valence-electron chi connectivity index (χ1n) is 7.52. The molecule has 1 aliphatic heterocycles. The lowest BCUT2D eigenvalue weighted by molar-refractivity contribution is -0.124. The number of nitrogens with one attached hydrogen (secondary N) is 1. The Morgan fingerprint density at radius 2 is 1.81 bits per heavy atom. The second-order valence-corrected chi connectivity index (χ2v) is 5.39. The van der Waals surface area contributed by atoms with Gasteiger partial charge in [-0.05, 0) is 5.56 Å². The lowest BCUT2D eigenvalue weighted by atomic mass is 10.2. The SMILES string of the molecule is COCC(=O)NCCN1CCN(Cc2ccccc2)CC1. The van der Waals surface area contributed by atoms with Crippen LogP contribution in [0.4, 0.5) is 0 Å². The first kappa shape index (κ1) is 15.9. The lowest BCUT2D eigenvalue weighted by Crippen LogP contribution is -2.48. The molecule has 0 aliphatic carbocycles. The van der Waals surface area contributed by atoms with Crippen LogP contribution in [0, 0.1) is 0 Å². The van der Waals surface area contributed by atoms with Gasteiger partial charge in [-0.1, -0.05) is 30.3 Å². The maximum atomic E-state index is 11.3. The molecule has 0 unspecified atom stereocenters. The molecule has 21 heavy (non-hydrogen) atoms. The van der Waals surface area contributed by atoms with Gasteiger partial charge in [0, 0.05) is 52.9 Å². The molecule has 1 aliphatic rings. The summed E-state index contributed by atoms with van der Waals surface area (Å²) >= 11 is 0. The van der Waals surface area contributed by atoms with Gasteiger partial charge < -0.3 is 10.1 Å². The van der Waals surface area contributed by atoms with Gasteiger partial charge >= 0.3 is 0 Å². The summed E-state index contributed by atoms with van der Waals surface area (Å²) in [4.78, 5) is 16.2. The molecule has 1 fully saturated rings. The number of piperazine rings is 1. The number of ether oxygens (including phenoxy) is 1. The van der Waals surface area contributed by atoms with E-state index in [-0.39, 0.29) is 12.5 Å². The zero-order valence-electron chi connectivity index (χ0n) is 12.8. The van der Waals surface area contributed by atoms with Gasteiger partial charge in [-0.3, -0.25) is 14.6 Å². The van der Waals surface area contributed by atoms with E-state index in [0.29, 0.717) is 6.54 Å². The largest absolute Gasteiger partial charge is 0.375 e. The number of benzene rings is 1. The van der Waals surface area contributed by atoms with Crippen LogP contribution in [0.15, 0.2) is 30.3 Å². The fraction of sp³-hybridized carbons (Fsp3) is 0.562. The molecule has 0 radical (unpaired) electrons. The van der Waals surface area contributed by atoms with Crippen molar-refractivity contribution in [3.05, 3.63) is 35.9 Å². The van der Waals surface area contributed by atoms with Crippen LogP contribution >= 0.6 is 0 Å². The van der Waals surface area contributed by atoms with Gasteiger partial charge in [0.2, 0.25) is 5.91 Å². The Morgan fingerprint density at radius 3 is 2.48 bits per heavy atom. The first-order valence-corrected chi connectivity index (χ1v) is 7.52. The number of hydrogen-bond acceptors (Lipinski definition) is 4. The van der Waals surface area contributed by atoms with Crippen LogP contribution in [0.2, 0.25) is 0 Å². The molecule has 1 amide bonds. The Hall–Kier alpha value is -1.43. The summed E-state index contributed by atoms with van der Waals surface area (Å²) in [6.07, 6.45) is 0. The molecule has 0 bridgehead atoms. The summed E-state index contributed by atoms with van der Waals surface area (Å²) < 4.78 is 4.78. The van der Waals surface area contributed by atoms with E-state index in [2.05, 4.69) is 45.4 Å². The van der Waals surface area contributed by atoms with Crippen molar-refractivity contribution in [1.82, 2.24) is 15.1 Å². The van der Waals surface area contributed by atoms with Crippen molar-refractivity contribution in [3.8, 4) is 0 Å². The zero-order chi connectivity index (χ0) is 14.9. The molecule has 1 saturated heterocycles. The summed E-state index contributed by atoms with van der Waals surface area (Å²) in [5, 5.41) is 2.86. The maximum Gasteiger partial charge on any atom is 0.246 e. The third kappa shape index (κ3) is 5.83. The van der Waals surface area contributed by atoms with E-state index in [0.717, 1.165) is 39.3 Å². The van der Waals surface area contributed by atoms with Gasteiger partial charge in [0.1, 0.15) is 6.61 Å². The van der Waals surface area contributed by atoms with Crippen LogP contribution in [0.3, 0.4) is 0 Å². The summed E-state index contributed by atoms with van der Waals surface area (Å²) in [7, 11) is 1.53. The highest BCUT2D eigenvalue weighted by atomic mass is 16.5. The average Bonchev–Trinajstić information content (AvgIpc) is 2.50. The predicted molar refractivity (Wildman–Crippen MR) is 83.0 cm³/mol. The first-order chi connectivity index (χ1) is 10.3. The molecule has 2 rings (SSSR count). The van der Waals surface area contributed by atoms with Gasteiger partial charge in [0.05, 0.1) is 0 Å². The van der Waals surface area contributed by atoms with Crippen LogP contribution in [0.5, 0.6) is 0 Å². The van der Waals surface area contributed by atoms with Crippen molar-refractivity contribution in [3.63, 3.8) is 0 Å². The molecule has 0 aromatic heterocycles. The van der Waals surface area contributed by atoms with Gasteiger partial charge in [-0.25, -0.2) is 0 Å². The molecule has 1 aromatic rings. The Morgan fingerprint density at radius 1 is 1.14 bits per heavy atom. The van der Waals surface area contributed by atoms with E-state index >= 15 is 0 Å². The van der Waals surface area contributed by atoms with Crippen molar-refractivity contribution in [2.75, 3.05) is 53.0 Å². The summed E-state index contributed by atoms with van der Waals surface area (Å²) in [6.45, 7) is 7.07. The number of rotatable bonds is 7. The van der Waals surface area contributed by atoms with Crippen LogP contribution in [0.25, 0.3) is 0 Å². The van der Waals surface area contributed by atoms with Crippen molar-refractivity contribution < 1.29 is 9.53 Å². The highest BCUT2D eigenvalue weighted by molar-refractivity contribution is 5.77. The standard InChI is InChI=1S/C16H25N3O2/c1-21-14-16(20)17-7-8-18-9-11-19(12-10-18)13-15-5-3-2-4-6-15/h2-6H,7-14H2,1H3,(H,17,20). The minimum Gasteiger partial charge on any atom is -0.375 e. The molecular formula is C16H25N3O2. The number of amides is 1. The fourth-order valence-electron chi connectivity index (χ4n) is 2.55. The topological polar surface area (TPSA) is 44.8 Å². The Balaban J connectivity index is 1.61. The Labute approximate surface area is 126 Å². The summed E-state index contributed by atoms with van der Waals surface area (Å²) in [6, 6.07) is 10.6. The third-order valence-corrected chi connectivity index (χ3v) is 3.74. The lowest BCUT2D eigenvalue weighted by Gasteiger charge is -2.34. The molecular weight excluding hydrogens is 266 g/mol. The minimum atomic E-state index is -0.0415. The van der Waals surface area contributed by atoms with Gasteiger partial charge in [-0.2, -0.15) is 0 Å². The van der Waals surface area contributed by atoms with E-state index in [4.69, 9.17) is 4.74 Å². The summed E-state index contributed by atoms with van der Waals surface area (Å²) in [5.74, 6) is -0.0415. The molecule has 1 heterocycles. The number of methoxy groups -OCH3 is 1. The number of hydrogen-bond donors (Lipinski definition) is 1. The normalized spacial score (nSPS) is 16.8. The molecule has 1 N–H and O–H groups in total. The van der Waals surface area contributed by atoms with Crippen LogP contribution in [-0.2, 0) is 16.1 Å². The molecule has 1 aromatic carbocycles. The second kappa shape index (κ2) is 8.77. The maximum absolute atomic E-state index is 11.3.